The van der Waals surface area contributed by atoms with Crippen LogP contribution in [0.5, 0.6) is 0 Å². The van der Waals surface area contributed by atoms with Crippen LogP contribution in [0.3, 0.4) is 0 Å². The minimum atomic E-state index is -0.431. The molecule has 1 aromatic heterocycles. The van der Waals surface area contributed by atoms with Gasteiger partial charge in [0.15, 0.2) is 5.76 Å². The van der Waals surface area contributed by atoms with Crippen LogP contribution in [0.2, 0.25) is 0 Å². The Kier molecular flexibility index (Phi) is 3.58. The summed E-state index contributed by atoms with van der Waals surface area (Å²) >= 11 is 0. The number of hydrogen-bond acceptors (Lipinski definition) is 4. The number of carbonyl (C=O) groups excluding carboxylic acids is 2. The number of ketones is 1. The Morgan fingerprint density at radius 2 is 2.35 bits per heavy atom. The number of ether oxygens (including phenoxy) is 1. The summed E-state index contributed by atoms with van der Waals surface area (Å²) in [7, 11) is 0. The number of rotatable bonds is 4. The minimum Gasteiger partial charge on any atom is -0.461 e. The second-order valence-electron chi connectivity index (χ2n) is 4.18. The maximum atomic E-state index is 11.7. The summed E-state index contributed by atoms with van der Waals surface area (Å²) in [6.45, 7) is 2.51. The van der Waals surface area contributed by atoms with E-state index in [0.29, 0.717) is 6.61 Å². The van der Waals surface area contributed by atoms with E-state index in [1.807, 2.05) is 6.92 Å². The standard InChI is InChI=1S/C12H15NO4/c1-8-4-6-17-11(8)12(15)13-7-9(14)10-3-2-5-16-10/h2-3,5,8,11H,4,6-7H2,1H3,(H,13,15). The van der Waals surface area contributed by atoms with E-state index in [0.717, 1.165) is 6.42 Å². The summed E-state index contributed by atoms with van der Waals surface area (Å²) < 4.78 is 10.2. The molecule has 0 aromatic carbocycles. The maximum Gasteiger partial charge on any atom is 0.249 e. The van der Waals surface area contributed by atoms with Crippen molar-refractivity contribution in [3.63, 3.8) is 0 Å². The molecular formula is C12H15NO4. The predicted octanol–water partition coefficient (Wildman–Crippen LogP) is 1.00. The minimum absolute atomic E-state index is 0.0566. The van der Waals surface area contributed by atoms with E-state index in [4.69, 9.17) is 9.15 Å². The first-order valence-electron chi connectivity index (χ1n) is 5.64. The van der Waals surface area contributed by atoms with Crippen LogP contribution in [-0.2, 0) is 9.53 Å². The van der Waals surface area contributed by atoms with Crippen molar-refractivity contribution >= 4 is 11.7 Å². The average molecular weight is 237 g/mol. The molecule has 17 heavy (non-hydrogen) atoms. The molecule has 1 aliphatic heterocycles. The number of amides is 1. The first-order chi connectivity index (χ1) is 8.18. The molecule has 1 aliphatic rings. The number of Topliss-reactive ketones (excluding diaryl/α,β-unsaturated/α-hetero) is 1. The van der Waals surface area contributed by atoms with Gasteiger partial charge < -0.3 is 14.5 Å². The Morgan fingerprint density at radius 3 is 2.94 bits per heavy atom. The highest BCUT2D eigenvalue weighted by Gasteiger charge is 2.30. The van der Waals surface area contributed by atoms with Gasteiger partial charge in [-0.1, -0.05) is 6.92 Å². The van der Waals surface area contributed by atoms with Gasteiger partial charge in [0.25, 0.3) is 0 Å². The van der Waals surface area contributed by atoms with E-state index in [9.17, 15) is 9.59 Å². The van der Waals surface area contributed by atoms with E-state index in [-0.39, 0.29) is 29.9 Å². The average Bonchev–Trinajstić information content (AvgIpc) is 2.95. The van der Waals surface area contributed by atoms with Crippen molar-refractivity contribution in [2.75, 3.05) is 13.2 Å². The topological polar surface area (TPSA) is 68.5 Å². The highest BCUT2D eigenvalue weighted by Crippen LogP contribution is 2.19. The molecular weight excluding hydrogens is 222 g/mol. The Bertz CT molecular complexity index is 399. The third-order valence-corrected chi connectivity index (χ3v) is 2.87. The Hall–Kier alpha value is -1.62. The Balaban J connectivity index is 1.82. The van der Waals surface area contributed by atoms with Crippen LogP contribution in [0.15, 0.2) is 22.8 Å². The molecule has 0 aliphatic carbocycles. The van der Waals surface area contributed by atoms with Crippen molar-refractivity contribution in [2.45, 2.75) is 19.4 Å². The summed E-state index contributed by atoms with van der Waals surface area (Å²) in [5.41, 5.74) is 0. The third-order valence-electron chi connectivity index (χ3n) is 2.87. The lowest BCUT2D eigenvalue weighted by Crippen LogP contribution is -2.39. The predicted molar refractivity (Wildman–Crippen MR) is 59.6 cm³/mol. The fourth-order valence-electron chi connectivity index (χ4n) is 1.82. The van der Waals surface area contributed by atoms with Gasteiger partial charge in [-0.05, 0) is 24.5 Å². The van der Waals surface area contributed by atoms with Gasteiger partial charge in [0, 0.05) is 6.61 Å². The van der Waals surface area contributed by atoms with E-state index in [1.54, 1.807) is 12.1 Å². The van der Waals surface area contributed by atoms with Gasteiger partial charge in [0.2, 0.25) is 11.7 Å². The number of furan rings is 1. The zero-order valence-corrected chi connectivity index (χ0v) is 9.64. The number of carbonyl (C=O) groups is 2. The molecule has 92 valence electrons. The summed E-state index contributed by atoms with van der Waals surface area (Å²) in [6.07, 6.45) is 1.88. The zero-order valence-electron chi connectivity index (χ0n) is 9.64. The first-order valence-corrected chi connectivity index (χ1v) is 5.64. The summed E-state index contributed by atoms with van der Waals surface area (Å²) in [4.78, 5) is 23.3. The molecule has 2 unspecified atom stereocenters. The van der Waals surface area contributed by atoms with Crippen molar-refractivity contribution < 1.29 is 18.7 Å². The monoisotopic (exact) mass is 237 g/mol. The van der Waals surface area contributed by atoms with Crippen LogP contribution in [-0.4, -0.2) is 30.9 Å². The van der Waals surface area contributed by atoms with Crippen LogP contribution >= 0.6 is 0 Å². The van der Waals surface area contributed by atoms with E-state index in [2.05, 4.69) is 5.32 Å². The molecule has 0 bridgehead atoms. The van der Waals surface area contributed by atoms with Gasteiger partial charge in [0.1, 0.15) is 6.10 Å². The van der Waals surface area contributed by atoms with Crippen LogP contribution in [0.4, 0.5) is 0 Å². The number of hydrogen-bond donors (Lipinski definition) is 1. The lowest BCUT2D eigenvalue weighted by molar-refractivity contribution is -0.131. The van der Waals surface area contributed by atoms with Crippen LogP contribution < -0.4 is 5.32 Å². The van der Waals surface area contributed by atoms with Crippen molar-refractivity contribution in [3.05, 3.63) is 24.2 Å². The highest BCUT2D eigenvalue weighted by atomic mass is 16.5. The first kappa shape index (κ1) is 11.9. The fourth-order valence-corrected chi connectivity index (χ4v) is 1.82. The summed E-state index contributed by atoms with van der Waals surface area (Å²) in [5, 5.41) is 2.57. The molecule has 0 radical (unpaired) electrons. The van der Waals surface area contributed by atoms with Crippen molar-refractivity contribution in [1.82, 2.24) is 5.32 Å². The van der Waals surface area contributed by atoms with Crippen molar-refractivity contribution in [2.24, 2.45) is 5.92 Å². The lowest BCUT2D eigenvalue weighted by Gasteiger charge is -2.13. The molecule has 2 heterocycles. The molecule has 5 heteroatoms. The van der Waals surface area contributed by atoms with Gasteiger partial charge in [-0.15, -0.1) is 0 Å². The van der Waals surface area contributed by atoms with Gasteiger partial charge in [-0.3, -0.25) is 9.59 Å². The molecule has 0 spiro atoms. The quantitative estimate of drug-likeness (QED) is 0.793. The second-order valence-corrected chi connectivity index (χ2v) is 4.18. The molecule has 1 fully saturated rings. The van der Waals surface area contributed by atoms with Crippen LogP contribution in [0.1, 0.15) is 23.9 Å². The van der Waals surface area contributed by atoms with Crippen molar-refractivity contribution in [3.8, 4) is 0 Å². The SMILES string of the molecule is CC1CCOC1C(=O)NCC(=O)c1ccco1. The molecule has 2 rings (SSSR count). The number of nitrogens with one attached hydrogen (secondary N) is 1. The molecule has 1 saturated heterocycles. The second kappa shape index (κ2) is 5.14. The molecule has 1 N–H and O–H groups in total. The summed E-state index contributed by atoms with van der Waals surface area (Å²) in [6, 6.07) is 3.21. The molecule has 0 saturated carbocycles. The van der Waals surface area contributed by atoms with Crippen LogP contribution in [0, 0.1) is 5.92 Å². The highest BCUT2D eigenvalue weighted by molar-refractivity contribution is 5.97. The van der Waals surface area contributed by atoms with E-state index in [1.165, 1.54) is 6.26 Å². The van der Waals surface area contributed by atoms with E-state index >= 15 is 0 Å². The van der Waals surface area contributed by atoms with Crippen molar-refractivity contribution in [1.29, 1.82) is 0 Å². The zero-order chi connectivity index (χ0) is 12.3. The van der Waals surface area contributed by atoms with E-state index < -0.39 is 6.10 Å². The normalized spacial score (nSPS) is 23.6. The fraction of sp³-hybridized carbons (Fsp3) is 0.500. The van der Waals surface area contributed by atoms with Gasteiger partial charge in [-0.25, -0.2) is 0 Å². The maximum absolute atomic E-state index is 11.7. The Morgan fingerprint density at radius 1 is 1.53 bits per heavy atom. The third kappa shape index (κ3) is 2.74. The smallest absolute Gasteiger partial charge is 0.249 e. The van der Waals surface area contributed by atoms with Gasteiger partial charge >= 0.3 is 0 Å². The Labute approximate surface area is 99.1 Å². The largest absolute Gasteiger partial charge is 0.461 e. The lowest BCUT2D eigenvalue weighted by atomic mass is 10.0. The molecule has 5 nitrogen and oxygen atoms in total. The molecule has 1 amide bonds. The van der Waals surface area contributed by atoms with Gasteiger partial charge in [0.05, 0.1) is 12.8 Å². The summed E-state index contributed by atoms with van der Waals surface area (Å²) in [5.74, 6) is -0.0108. The molecule has 1 aromatic rings. The molecule has 2 atom stereocenters. The van der Waals surface area contributed by atoms with Gasteiger partial charge in [-0.2, -0.15) is 0 Å². The van der Waals surface area contributed by atoms with Crippen LogP contribution in [0.25, 0.3) is 0 Å².